The van der Waals surface area contributed by atoms with Crippen LogP contribution in [-0.2, 0) is 4.79 Å². The van der Waals surface area contributed by atoms with Gasteiger partial charge in [-0.2, -0.15) is 0 Å². The Kier molecular flexibility index (Phi) is 3.19. The Labute approximate surface area is 106 Å². The number of aromatic nitrogens is 1. The SMILES string of the molecule is O=C1CC(Cl)CN1c1ncc(Br)cc1Cl. The lowest BCUT2D eigenvalue weighted by Crippen LogP contribution is -2.25. The van der Waals surface area contributed by atoms with E-state index in [1.807, 2.05) is 0 Å². The maximum Gasteiger partial charge on any atom is 0.229 e. The van der Waals surface area contributed by atoms with E-state index in [1.165, 1.54) is 4.90 Å². The molecule has 0 saturated carbocycles. The van der Waals surface area contributed by atoms with Crippen molar-refractivity contribution in [3.63, 3.8) is 0 Å². The number of hydrogen-bond acceptors (Lipinski definition) is 2. The van der Waals surface area contributed by atoms with E-state index in [0.29, 0.717) is 23.8 Å². The molecular weight excluding hydrogens is 303 g/mol. The molecule has 0 spiro atoms. The zero-order valence-corrected chi connectivity index (χ0v) is 10.7. The zero-order chi connectivity index (χ0) is 11.0. The van der Waals surface area contributed by atoms with Gasteiger partial charge in [0.05, 0.1) is 10.4 Å². The van der Waals surface area contributed by atoms with Crippen LogP contribution in [0.4, 0.5) is 5.82 Å². The van der Waals surface area contributed by atoms with Gasteiger partial charge in [0.15, 0.2) is 5.82 Å². The summed E-state index contributed by atoms with van der Waals surface area (Å²) in [6.45, 7) is 0.467. The highest BCUT2D eigenvalue weighted by Crippen LogP contribution is 2.30. The molecule has 0 aliphatic carbocycles. The summed E-state index contributed by atoms with van der Waals surface area (Å²) >= 11 is 15.1. The van der Waals surface area contributed by atoms with Crippen molar-refractivity contribution in [2.45, 2.75) is 11.8 Å². The molecule has 1 saturated heterocycles. The summed E-state index contributed by atoms with van der Waals surface area (Å²) in [5.41, 5.74) is 0. The van der Waals surface area contributed by atoms with Crippen LogP contribution in [0.2, 0.25) is 5.02 Å². The van der Waals surface area contributed by atoms with Crippen molar-refractivity contribution in [1.82, 2.24) is 4.98 Å². The number of hydrogen-bond donors (Lipinski definition) is 0. The normalized spacial score (nSPS) is 21.1. The van der Waals surface area contributed by atoms with Crippen LogP contribution in [0.1, 0.15) is 6.42 Å². The lowest BCUT2D eigenvalue weighted by molar-refractivity contribution is -0.117. The average molecular weight is 310 g/mol. The standard InChI is InChI=1S/C9H7BrCl2N2O/c10-5-1-7(12)9(13-3-5)14-4-6(11)2-8(14)15/h1,3,6H,2,4H2. The third-order valence-electron chi connectivity index (χ3n) is 2.12. The number of nitrogens with zero attached hydrogens (tertiary/aromatic N) is 2. The van der Waals surface area contributed by atoms with Crippen molar-refractivity contribution < 1.29 is 4.79 Å². The Morgan fingerprint density at radius 2 is 2.33 bits per heavy atom. The minimum atomic E-state index is -0.154. The molecule has 2 heterocycles. The molecule has 2 rings (SSSR count). The first-order valence-electron chi connectivity index (χ1n) is 4.33. The molecule has 0 N–H and O–H groups in total. The minimum absolute atomic E-state index is 0.0354. The second-order valence-electron chi connectivity index (χ2n) is 3.26. The van der Waals surface area contributed by atoms with Crippen molar-refractivity contribution in [3.05, 3.63) is 21.8 Å². The summed E-state index contributed by atoms with van der Waals surface area (Å²) < 4.78 is 0.783. The fourth-order valence-electron chi connectivity index (χ4n) is 1.47. The van der Waals surface area contributed by atoms with Gasteiger partial charge in [0, 0.05) is 23.6 Å². The van der Waals surface area contributed by atoms with E-state index in [-0.39, 0.29) is 11.3 Å². The van der Waals surface area contributed by atoms with Crippen LogP contribution in [0.25, 0.3) is 0 Å². The highest BCUT2D eigenvalue weighted by Gasteiger charge is 2.31. The van der Waals surface area contributed by atoms with Gasteiger partial charge in [-0.25, -0.2) is 4.98 Å². The van der Waals surface area contributed by atoms with Gasteiger partial charge in [-0.05, 0) is 22.0 Å². The number of rotatable bonds is 1. The summed E-state index contributed by atoms with van der Waals surface area (Å²) in [5.74, 6) is 0.444. The van der Waals surface area contributed by atoms with E-state index >= 15 is 0 Å². The number of alkyl halides is 1. The minimum Gasteiger partial charge on any atom is -0.294 e. The van der Waals surface area contributed by atoms with Crippen LogP contribution < -0.4 is 4.90 Å². The largest absolute Gasteiger partial charge is 0.294 e. The zero-order valence-electron chi connectivity index (χ0n) is 7.58. The van der Waals surface area contributed by atoms with Crippen molar-refractivity contribution in [2.24, 2.45) is 0 Å². The van der Waals surface area contributed by atoms with Crippen LogP contribution in [-0.4, -0.2) is 22.8 Å². The molecule has 1 amide bonds. The van der Waals surface area contributed by atoms with E-state index in [4.69, 9.17) is 23.2 Å². The molecule has 80 valence electrons. The van der Waals surface area contributed by atoms with Gasteiger partial charge >= 0.3 is 0 Å². The molecule has 0 radical (unpaired) electrons. The molecule has 0 bridgehead atoms. The van der Waals surface area contributed by atoms with Gasteiger partial charge in [-0.1, -0.05) is 11.6 Å². The van der Waals surface area contributed by atoms with E-state index in [2.05, 4.69) is 20.9 Å². The molecule has 15 heavy (non-hydrogen) atoms. The van der Waals surface area contributed by atoms with Gasteiger partial charge in [-0.3, -0.25) is 9.69 Å². The summed E-state index contributed by atoms with van der Waals surface area (Å²) in [6, 6.07) is 1.71. The quantitative estimate of drug-likeness (QED) is 0.747. The summed E-state index contributed by atoms with van der Waals surface area (Å²) in [4.78, 5) is 17.2. The van der Waals surface area contributed by atoms with Crippen LogP contribution in [0, 0.1) is 0 Å². The van der Waals surface area contributed by atoms with Gasteiger partial charge in [-0.15, -0.1) is 11.6 Å². The first-order chi connectivity index (χ1) is 7.08. The van der Waals surface area contributed by atoms with Gasteiger partial charge in [0.1, 0.15) is 0 Å². The number of halogens is 3. The Hall–Kier alpha value is -0.320. The maximum absolute atomic E-state index is 11.6. The average Bonchev–Trinajstić information content (AvgIpc) is 2.45. The highest BCUT2D eigenvalue weighted by molar-refractivity contribution is 9.10. The summed E-state index contributed by atoms with van der Waals surface area (Å²) in [6.07, 6.45) is 1.95. The molecule has 1 fully saturated rings. The number of pyridine rings is 1. The molecule has 6 heteroatoms. The molecule has 1 aromatic heterocycles. The molecule has 0 aromatic carbocycles. The van der Waals surface area contributed by atoms with E-state index < -0.39 is 0 Å². The van der Waals surface area contributed by atoms with E-state index in [9.17, 15) is 4.79 Å². The summed E-state index contributed by atoms with van der Waals surface area (Å²) in [5, 5.41) is 0.294. The Morgan fingerprint density at radius 3 is 2.87 bits per heavy atom. The molecule has 3 nitrogen and oxygen atoms in total. The van der Waals surface area contributed by atoms with Crippen LogP contribution in [0.3, 0.4) is 0 Å². The van der Waals surface area contributed by atoms with E-state index in [0.717, 1.165) is 4.47 Å². The Balaban J connectivity index is 2.34. The second kappa shape index (κ2) is 4.28. The number of amides is 1. The van der Waals surface area contributed by atoms with Crippen molar-refractivity contribution >= 4 is 50.9 Å². The molecule has 1 unspecified atom stereocenters. The van der Waals surface area contributed by atoms with Gasteiger partial charge in [0.2, 0.25) is 5.91 Å². The molecule has 1 atom stereocenters. The predicted octanol–water partition coefficient (Wildman–Crippen LogP) is 2.84. The lowest BCUT2D eigenvalue weighted by Gasteiger charge is -2.15. The van der Waals surface area contributed by atoms with Crippen LogP contribution in [0.15, 0.2) is 16.7 Å². The lowest BCUT2D eigenvalue weighted by atomic mass is 10.4. The third kappa shape index (κ3) is 2.27. The fraction of sp³-hybridized carbons (Fsp3) is 0.333. The monoisotopic (exact) mass is 308 g/mol. The molecule has 1 aliphatic heterocycles. The Morgan fingerprint density at radius 1 is 1.60 bits per heavy atom. The smallest absolute Gasteiger partial charge is 0.229 e. The first-order valence-corrected chi connectivity index (χ1v) is 5.94. The molecular formula is C9H7BrCl2N2O. The van der Waals surface area contributed by atoms with Gasteiger partial charge in [0.25, 0.3) is 0 Å². The highest BCUT2D eigenvalue weighted by atomic mass is 79.9. The number of carbonyl (C=O) groups excluding carboxylic acids is 1. The fourth-order valence-corrected chi connectivity index (χ4v) is 2.48. The number of anilines is 1. The van der Waals surface area contributed by atoms with Crippen molar-refractivity contribution in [2.75, 3.05) is 11.4 Å². The maximum atomic E-state index is 11.6. The molecule has 1 aromatic rings. The first kappa shape index (κ1) is 11.2. The predicted molar refractivity (Wildman–Crippen MR) is 63.6 cm³/mol. The molecule has 1 aliphatic rings. The van der Waals surface area contributed by atoms with E-state index in [1.54, 1.807) is 12.3 Å². The van der Waals surface area contributed by atoms with Crippen LogP contribution in [0.5, 0.6) is 0 Å². The third-order valence-corrected chi connectivity index (χ3v) is 3.13. The van der Waals surface area contributed by atoms with Crippen molar-refractivity contribution in [3.8, 4) is 0 Å². The van der Waals surface area contributed by atoms with Crippen molar-refractivity contribution in [1.29, 1.82) is 0 Å². The topological polar surface area (TPSA) is 33.2 Å². The van der Waals surface area contributed by atoms with Gasteiger partial charge < -0.3 is 0 Å². The summed E-state index contributed by atoms with van der Waals surface area (Å²) in [7, 11) is 0. The number of carbonyl (C=O) groups is 1. The van der Waals surface area contributed by atoms with Crippen LogP contribution >= 0.6 is 39.1 Å². The Bertz CT molecular complexity index is 413. The second-order valence-corrected chi connectivity index (χ2v) is 5.20.